The maximum absolute atomic E-state index is 13.4. The first kappa shape index (κ1) is 41.0. The summed E-state index contributed by atoms with van der Waals surface area (Å²) in [6.07, 6.45) is -0.00404. The van der Waals surface area contributed by atoms with Crippen LogP contribution in [-0.2, 0) is 29.9 Å². The van der Waals surface area contributed by atoms with Crippen LogP contribution in [0.4, 0.5) is 26.3 Å². The van der Waals surface area contributed by atoms with E-state index in [4.69, 9.17) is 0 Å². The van der Waals surface area contributed by atoms with E-state index >= 15 is 0 Å². The predicted molar refractivity (Wildman–Crippen MR) is 184 cm³/mol. The third-order valence-corrected chi connectivity index (χ3v) is 53.4. The molecule has 0 N–H and O–H groups in total. The SMILES string of the molecule is CCCC1=Cc2c(-c3ccc(C(F)(F)F)cc3)cccc2[CH]1[Zr+2]([CH]1C(CCC)=Cc2c(-c3ccc(C(F)(F)F)cc3)cccc21)[SnH]([CH3])[CH3].[Cl-].[Cl-]. The van der Waals surface area contributed by atoms with Gasteiger partial charge in [-0.1, -0.05) is 0 Å². The summed E-state index contributed by atoms with van der Waals surface area (Å²) in [6, 6.07) is 23.8. The summed E-state index contributed by atoms with van der Waals surface area (Å²) in [5.74, 6) is 0. The number of rotatable bonds is 9. The minimum Gasteiger partial charge on any atom is -1.00 e. The van der Waals surface area contributed by atoms with Crippen molar-refractivity contribution in [2.45, 2.75) is 69.0 Å². The molecule has 0 saturated carbocycles. The fourth-order valence-corrected chi connectivity index (χ4v) is 53.9. The Hall–Kier alpha value is -1.80. The van der Waals surface area contributed by atoms with Crippen LogP contribution in [0.3, 0.4) is 0 Å². The quantitative estimate of drug-likeness (QED) is 0.128. The zero-order valence-corrected chi connectivity index (χ0v) is 35.6. The first-order valence-corrected chi connectivity index (χ1v) is 37.3. The second-order valence-corrected chi connectivity index (χ2v) is 55.4. The van der Waals surface area contributed by atoms with Gasteiger partial charge in [0.25, 0.3) is 0 Å². The molecular formula is C40H39Cl2F6SnZr. The molecule has 0 spiro atoms. The second kappa shape index (κ2) is 16.5. The summed E-state index contributed by atoms with van der Waals surface area (Å²) in [4.78, 5) is 5.14. The molecule has 0 heterocycles. The van der Waals surface area contributed by atoms with E-state index in [1.807, 2.05) is 12.1 Å². The summed E-state index contributed by atoms with van der Waals surface area (Å²) in [5.41, 5.74) is 10.3. The van der Waals surface area contributed by atoms with Crippen LogP contribution in [0.25, 0.3) is 34.4 Å². The van der Waals surface area contributed by atoms with Gasteiger partial charge in [-0.2, -0.15) is 0 Å². The molecule has 4 aromatic carbocycles. The van der Waals surface area contributed by atoms with Crippen LogP contribution in [0, 0.1) is 0 Å². The van der Waals surface area contributed by atoms with Crippen LogP contribution in [-0.4, -0.2) is 15.2 Å². The van der Waals surface area contributed by atoms with Crippen molar-refractivity contribution in [2.75, 3.05) is 0 Å². The zero-order chi connectivity index (χ0) is 34.4. The van der Waals surface area contributed by atoms with Gasteiger partial charge in [-0.15, -0.1) is 0 Å². The summed E-state index contributed by atoms with van der Waals surface area (Å²) in [6.45, 7) is 4.42. The summed E-state index contributed by atoms with van der Waals surface area (Å²) in [7, 11) is 0. The first-order valence-electron chi connectivity index (χ1n) is 16.7. The largest absolute Gasteiger partial charge is 1.00 e. The second-order valence-electron chi connectivity index (χ2n) is 13.2. The number of fused-ring (bicyclic) bond motifs is 2. The van der Waals surface area contributed by atoms with Crippen molar-refractivity contribution in [3.63, 3.8) is 0 Å². The Morgan fingerprint density at radius 3 is 1.22 bits per heavy atom. The normalized spacial score (nSPS) is 16.6. The molecule has 0 fully saturated rings. The molecule has 6 rings (SSSR count). The van der Waals surface area contributed by atoms with Crippen molar-refractivity contribution >= 4 is 27.4 Å². The Balaban J connectivity index is 0.00000281. The molecular weight excluding hydrogens is 875 g/mol. The predicted octanol–water partition coefficient (Wildman–Crippen LogP) is 6.84. The summed E-state index contributed by atoms with van der Waals surface area (Å²) in [5, 5.41) is 0. The van der Waals surface area contributed by atoms with Crippen LogP contribution in [0.5, 0.6) is 0 Å². The number of halogens is 8. The first-order chi connectivity index (χ1) is 22.8. The Morgan fingerprint density at radius 1 is 0.560 bits per heavy atom. The zero-order valence-electron chi connectivity index (χ0n) is 28.3. The van der Waals surface area contributed by atoms with E-state index in [-0.39, 0.29) is 24.8 Å². The summed E-state index contributed by atoms with van der Waals surface area (Å²) >= 11 is -4.47. The van der Waals surface area contributed by atoms with Crippen molar-refractivity contribution in [3.8, 4) is 22.3 Å². The van der Waals surface area contributed by atoms with Crippen molar-refractivity contribution in [3.05, 3.63) is 129 Å². The average molecular weight is 915 g/mol. The third kappa shape index (κ3) is 8.06. The topological polar surface area (TPSA) is 0 Å². The van der Waals surface area contributed by atoms with Crippen molar-refractivity contribution in [1.82, 2.24) is 0 Å². The molecule has 0 aromatic heterocycles. The molecule has 4 aromatic rings. The minimum absolute atomic E-state index is 0. The number of hydrogen-bond donors (Lipinski definition) is 0. The van der Waals surface area contributed by atoms with Gasteiger partial charge in [-0.3, -0.25) is 0 Å². The van der Waals surface area contributed by atoms with Gasteiger partial charge in [0.15, 0.2) is 0 Å². The molecule has 2 aliphatic carbocycles. The van der Waals surface area contributed by atoms with Crippen LogP contribution in [0.1, 0.15) is 80.2 Å². The van der Waals surface area contributed by atoms with Crippen molar-refractivity contribution in [2.24, 2.45) is 0 Å². The van der Waals surface area contributed by atoms with Gasteiger partial charge < -0.3 is 24.8 Å². The van der Waals surface area contributed by atoms with Gasteiger partial charge in [0, 0.05) is 0 Å². The van der Waals surface area contributed by atoms with E-state index < -0.39 is 56.3 Å². The molecule has 0 amide bonds. The van der Waals surface area contributed by atoms with E-state index in [2.05, 4.69) is 60.1 Å². The van der Waals surface area contributed by atoms with E-state index in [0.717, 1.165) is 59.1 Å². The van der Waals surface area contributed by atoms with Gasteiger partial charge >= 0.3 is 292 Å². The van der Waals surface area contributed by atoms with Crippen molar-refractivity contribution < 1.29 is 68.7 Å². The fraction of sp³-hybridized carbons (Fsp3) is 0.300. The standard InChI is InChI=1S/2C19H16F3.2CH3.2ClH.Sn.Zr.H/c2*1-2-4-13-11-15-5-3-6-17(18(15)12-13)14-7-9-16(10-8-14)19(20,21)22;;;;;;;/h2*3,5-12H,2,4H2,1H3;2*1H3;2*1H;;;/q;;;;;;;+2;/p-2. The van der Waals surface area contributed by atoms with Gasteiger partial charge in [0.2, 0.25) is 0 Å². The van der Waals surface area contributed by atoms with Gasteiger partial charge in [0.05, 0.1) is 0 Å². The molecule has 0 bridgehead atoms. The number of hydrogen-bond acceptors (Lipinski definition) is 0. The van der Waals surface area contributed by atoms with Crippen molar-refractivity contribution in [1.29, 1.82) is 0 Å². The van der Waals surface area contributed by atoms with Crippen LogP contribution < -0.4 is 24.8 Å². The Bertz CT molecular complexity index is 1730. The van der Waals surface area contributed by atoms with Crippen LogP contribution in [0.15, 0.2) is 96.1 Å². The van der Waals surface area contributed by atoms with Gasteiger partial charge in [-0.05, 0) is 0 Å². The van der Waals surface area contributed by atoms with E-state index in [1.165, 1.54) is 46.5 Å². The Labute approximate surface area is 314 Å². The van der Waals surface area contributed by atoms with E-state index in [1.54, 1.807) is 24.3 Å². The molecule has 263 valence electrons. The Kier molecular flexibility index (Phi) is 13.5. The third-order valence-electron chi connectivity index (χ3n) is 9.76. The maximum Gasteiger partial charge on any atom is -1.00 e. The van der Waals surface area contributed by atoms with Crippen LogP contribution in [0.2, 0.25) is 9.88 Å². The molecule has 2 atom stereocenters. The molecule has 2 unspecified atom stereocenters. The molecule has 50 heavy (non-hydrogen) atoms. The molecule has 0 radical (unpaired) electrons. The molecule has 10 heteroatoms. The average Bonchev–Trinajstić information content (AvgIpc) is 3.59. The molecule has 0 nitrogen and oxygen atoms in total. The van der Waals surface area contributed by atoms with E-state index in [9.17, 15) is 26.3 Å². The number of alkyl halides is 6. The monoisotopic (exact) mass is 913 g/mol. The number of allylic oxidation sites excluding steroid dienone is 2. The van der Waals surface area contributed by atoms with Crippen LogP contribution >= 0.6 is 0 Å². The molecule has 0 saturated heterocycles. The fourth-order valence-electron chi connectivity index (χ4n) is 7.74. The smallest absolute Gasteiger partial charge is 1.00 e. The van der Waals surface area contributed by atoms with Gasteiger partial charge in [0.1, 0.15) is 0 Å². The molecule has 0 aliphatic heterocycles. The number of benzene rings is 4. The van der Waals surface area contributed by atoms with E-state index in [0.29, 0.717) is 7.25 Å². The molecule has 2 aliphatic rings. The minimum atomic E-state index is -4.38. The maximum atomic E-state index is 13.4. The summed E-state index contributed by atoms with van der Waals surface area (Å²) < 4.78 is 81.0. The Morgan fingerprint density at radius 2 is 0.920 bits per heavy atom. The van der Waals surface area contributed by atoms with Gasteiger partial charge in [-0.25, -0.2) is 0 Å².